The van der Waals surface area contributed by atoms with Gasteiger partial charge in [-0.15, -0.1) is 0 Å². The second-order valence-corrected chi connectivity index (χ2v) is 5.29. The molecule has 0 aliphatic carbocycles. The van der Waals surface area contributed by atoms with Crippen molar-refractivity contribution in [3.63, 3.8) is 0 Å². The Morgan fingerprint density at radius 1 is 1.14 bits per heavy atom. The number of anilines is 1. The van der Waals surface area contributed by atoms with Crippen molar-refractivity contribution in [1.82, 2.24) is 0 Å². The molecule has 2 aromatic carbocycles. The zero-order valence-corrected chi connectivity index (χ0v) is 13.4. The Hall–Kier alpha value is -1.91. The predicted molar refractivity (Wildman–Crippen MR) is 88.2 cm³/mol. The summed E-state index contributed by atoms with van der Waals surface area (Å²) in [6, 6.07) is 12.0. The van der Waals surface area contributed by atoms with E-state index in [-0.39, 0.29) is 18.9 Å². The van der Waals surface area contributed by atoms with Crippen molar-refractivity contribution in [2.45, 2.75) is 6.42 Å². The number of rotatable bonds is 6. The fourth-order valence-electron chi connectivity index (χ4n) is 1.76. The van der Waals surface area contributed by atoms with Gasteiger partial charge in [-0.05, 0) is 42.5 Å². The standard InChI is InChI=1S/C16H15Cl2NO3/c1-21-15-7-4-12(10-14(15)18)19-16(20)8-9-22-13-5-2-11(17)3-6-13/h2-7,10H,8-9H2,1H3,(H,19,20). The number of hydrogen-bond acceptors (Lipinski definition) is 3. The van der Waals surface area contributed by atoms with Crippen LogP contribution in [0.4, 0.5) is 5.69 Å². The van der Waals surface area contributed by atoms with Crippen LogP contribution >= 0.6 is 23.2 Å². The van der Waals surface area contributed by atoms with Crippen molar-refractivity contribution in [2.24, 2.45) is 0 Å². The zero-order valence-electron chi connectivity index (χ0n) is 11.9. The Kier molecular flexibility index (Phi) is 5.92. The highest BCUT2D eigenvalue weighted by Crippen LogP contribution is 2.27. The van der Waals surface area contributed by atoms with Gasteiger partial charge in [0.15, 0.2) is 0 Å². The summed E-state index contributed by atoms with van der Waals surface area (Å²) in [7, 11) is 1.54. The number of benzene rings is 2. The fourth-order valence-corrected chi connectivity index (χ4v) is 2.14. The minimum absolute atomic E-state index is 0.157. The van der Waals surface area contributed by atoms with Gasteiger partial charge >= 0.3 is 0 Å². The van der Waals surface area contributed by atoms with Gasteiger partial charge in [0, 0.05) is 10.7 Å². The van der Waals surface area contributed by atoms with Gasteiger partial charge in [-0.2, -0.15) is 0 Å². The number of halogens is 2. The Morgan fingerprint density at radius 3 is 2.50 bits per heavy atom. The molecule has 1 N–H and O–H groups in total. The molecule has 0 unspecified atom stereocenters. The molecular formula is C16H15Cl2NO3. The van der Waals surface area contributed by atoms with E-state index in [9.17, 15) is 4.79 Å². The van der Waals surface area contributed by atoms with Crippen molar-refractivity contribution in [3.8, 4) is 11.5 Å². The van der Waals surface area contributed by atoms with Crippen molar-refractivity contribution < 1.29 is 14.3 Å². The molecule has 0 aliphatic rings. The molecule has 1 amide bonds. The molecule has 0 saturated heterocycles. The van der Waals surface area contributed by atoms with Crippen molar-refractivity contribution >= 4 is 34.8 Å². The van der Waals surface area contributed by atoms with E-state index in [1.54, 1.807) is 42.5 Å². The maximum atomic E-state index is 11.8. The third kappa shape index (κ3) is 4.83. The van der Waals surface area contributed by atoms with Crippen LogP contribution in [0.1, 0.15) is 6.42 Å². The van der Waals surface area contributed by atoms with Gasteiger partial charge in [-0.3, -0.25) is 4.79 Å². The van der Waals surface area contributed by atoms with E-state index in [0.717, 1.165) is 0 Å². The lowest BCUT2D eigenvalue weighted by Gasteiger charge is -2.09. The molecule has 0 heterocycles. The minimum atomic E-state index is -0.157. The fraction of sp³-hybridized carbons (Fsp3) is 0.188. The third-order valence-corrected chi connectivity index (χ3v) is 3.39. The number of hydrogen-bond donors (Lipinski definition) is 1. The number of nitrogens with one attached hydrogen (secondary N) is 1. The molecule has 0 bridgehead atoms. The van der Waals surface area contributed by atoms with Crippen LogP contribution in [-0.2, 0) is 4.79 Å². The first kappa shape index (κ1) is 16.5. The van der Waals surface area contributed by atoms with E-state index in [1.807, 2.05) is 0 Å². The quantitative estimate of drug-likeness (QED) is 0.847. The Balaban J connectivity index is 1.80. The average Bonchev–Trinajstić information content (AvgIpc) is 2.49. The topological polar surface area (TPSA) is 47.6 Å². The molecule has 0 saturated carbocycles. The summed E-state index contributed by atoms with van der Waals surface area (Å²) in [6.07, 6.45) is 0.228. The monoisotopic (exact) mass is 339 g/mol. The Labute approximate surface area is 138 Å². The molecule has 2 aromatic rings. The summed E-state index contributed by atoms with van der Waals surface area (Å²) in [4.78, 5) is 11.8. The van der Waals surface area contributed by atoms with Gasteiger partial charge in [-0.1, -0.05) is 23.2 Å². The zero-order chi connectivity index (χ0) is 15.9. The van der Waals surface area contributed by atoms with Gasteiger partial charge in [0.25, 0.3) is 0 Å². The van der Waals surface area contributed by atoms with Crippen LogP contribution in [0.2, 0.25) is 10.0 Å². The van der Waals surface area contributed by atoms with E-state index in [2.05, 4.69) is 5.32 Å². The molecule has 116 valence electrons. The second kappa shape index (κ2) is 7.92. The summed E-state index contributed by atoms with van der Waals surface area (Å²) in [5, 5.41) is 3.83. The highest BCUT2D eigenvalue weighted by molar-refractivity contribution is 6.32. The molecule has 4 nitrogen and oxygen atoms in total. The van der Waals surface area contributed by atoms with Crippen molar-refractivity contribution in [2.75, 3.05) is 19.0 Å². The maximum Gasteiger partial charge on any atom is 0.227 e. The van der Waals surface area contributed by atoms with E-state index in [4.69, 9.17) is 32.7 Å². The molecule has 22 heavy (non-hydrogen) atoms. The van der Waals surface area contributed by atoms with Crippen LogP contribution in [0.25, 0.3) is 0 Å². The Morgan fingerprint density at radius 2 is 1.86 bits per heavy atom. The lowest BCUT2D eigenvalue weighted by molar-refractivity contribution is -0.116. The first-order valence-corrected chi connectivity index (χ1v) is 7.36. The normalized spacial score (nSPS) is 10.1. The molecule has 2 rings (SSSR count). The number of amides is 1. The van der Waals surface area contributed by atoms with Gasteiger partial charge in [-0.25, -0.2) is 0 Å². The number of ether oxygens (including phenoxy) is 2. The van der Waals surface area contributed by atoms with Crippen LogP contribution in [0.15, 0.2) is 42.5 Å². The van der Waals surface area contributed by atoms with Crippen molar-refractivity contribution in [1.29, 1.82) is 0 Å². The van der Waals surface area contributed by atoms with E-state index in [1.165, 1.54) is 7.11 Å². The summed E-state index contributed by atoms with van der Waals surface area (Å²) < 4.78 is 10.5. The summed E-state index contributed by atoms with van der Waals surface area (Å²) in [5.74, 6) is 1.07. The molecule has 0 aliphatic heterocycles. The number of methoxy groups -OCH3 is 1. The molecule has 0 atom stereocenters. The van der Waals surface area contributed by atoms with Crippen LogP contribution in [-0.4, -0.2) is 19.6 Å². The number of carbonyl (C=O) groups is 1. The summed E-state index contributed by atoms with van der Waals surface area (Å²) >= 11 is 11.8. The molecule has 0 spiro atoms. The molecule has 0 aromatic heterocycles. The van der Waals surface area contributed by atoms with E-state index >= 15 is 0 Å². The third-order valence-electron chi connectivity index (χ3n) is 2.85. The van der Waals surface area contributed by atoms with Crippen LogP contribution < -0.4 is 14.8 Å². The largest absolute Gasteiger partial charge is 0.495 e. The number of carbonyl (C=O) groups excluding carboxylic acids is 1. The van der Waals surface area contributed by atoms with E-state index in [0.29, 0.717) is 27.2 Å². The highest BCUT2D eigenvalue weighted by atomic mass is 35.5. The maximum absolute atomic E-state index is 11.8. The second-order valence-electron chi connectivity index (χ2n) is 4.45. The minimum Gasteiger partial charge on any atom is -0.495 e. The average molecular weight is 340 g/mol. The first-order chi connectivity index (χ1) is 10.6. The highest BCUT2D eigenvalue weighted by Gasteiger charge is 2.06. The van der Waals surface area contributed by atoms with Gasteiger partial charge in [0.2, 0.25) is 5.91 Å². The van der Waals surface area contributed by atoms with Gasteiger partial charge in [0.05, 0.1) is 25.2 Å². The lowest BCUT2D eigenvalue weighted by atomic mass is 10.3. The van der Waals surface area contributed by atoms with Gasteiger partial charge < -0.3 is 14.8 Å². The van der Waals surface area contributed by atoms with Crippen LogP contribution in [0.5, 0.6) is 11.5 Å². The van der Waals surface area contributed by atoms with Crippen LogP contribution in [0.3, 0.4) is 0 Å². The van der Waals surface area contributed by atoms with E-state index < -0.39 is 0 Å². The SMILES string of the molecule is COc1ccc(NC(=O)CCOc2ccc(Cl)cc2)cc1Cl. The molecule has 0 radical (unpaired) electrons. The van der Waals surface area contributed by atoms with Gasteiger partial charge in [0.1, 0.15) is 11.5 Å². The molecular weight excluding hydrogens is 325 g/mol. The lowest BCUT2D eigenvalue weighted by Crippen LogP contribution is -2.15. The summed E-state index contributed by atoms with van der Waals surface area (Å²) in [5.41, 5.74) is 0.613. The predicted octanol–water partition coefficient (Wildman–Crippen LogP) is 4.41. The van der Waals surface area contributed by atoms with Crippen LogP contribution in [0, 0.1) is 0 Å². The smallest absolute Gasteiger partial charge is 0.227 e. The molecule has 0 fully saturated rings. The Bertz CT molecular complexity index is 644. The summed E-state index contributed by atoms with van der Waals surface area (Å²) in [6.45, 7) is 0.275. The van der Waals surface area contributed by atoms with Crippen molar-refractivity contribution in [3.05, 3.63) is 52.5 Å². The first-order valence-electron chi connectivity index (χ1n) is 6.60. The molecule has 6 heteroatoms.